The lowest BCUT2D eigenvalue weighted by Crippen LogP contribution is -2.49. The van der Waals surface area contributed by atoms with Crippen LogP contribution in [0.5, 0.6) is 0 Å². The van der Waals surface area contributed by atoms with Crippen molar-refractivity contribution in [1.29, 1.82) is 0 Å². The lowest BCUT2D eigenvalue weighted by atomic mass is 10.1. The fraction of sp³-hybridized carbons (Fsp3) is 0.276. The number of nitrogens with one attached hydrogen (secondary N) is 2. The molecule has 0 saturated carbocycles. The summed E-state index contributed by atoms with van der Waals surface area (Å²) < 4.78 is 5.34. The van der Waals surface area contributed by atoms with E-state index in [1.807, 2.05) is 64.4 Å². The summed E-state index contributed by atoms with van der Waals surface area (Å²) in [6.07, 6.45) is 0. The molecule has 0 bridgehead atoms. The Morgan fingerprint density at radius 1 is 0.805 bits per heavy atom. The van der Waals surface area contributed by atoms with Gasteiger partial charge in [0.15, 0.2) is 5.11 Å². The molecule has 0 spiro atoms. The van der Waals surface area contributed by atoms with Crippen LogP contribution in [0.2, 0.25) is 0 Å². The average molecular weight is 575 g/mol. The third-order valence-corrected chi connectivity index (χ3v) is 7.30. The second kappa shape index (κ2) is 12.7. The van der Waals surface area contributed by atoms with Crippen molar-refractivity contribution in [3.05, 3.63) is 94.0 Å². The number of nitro benzene ring substituents is 1. The van der Waals surface area contributed by atoms with Gasteiger partial charge in [0, 0.05) is 56.5 Å². The number of benzene rings is 3. The first-order chi connectivity index (χ1) is 19.9. The molecule has 3 aromatic rings. The molecule has 2 N–H and O–H groups in total. The van der Waals surface area contributed by atoms with Crippen LogP contribution < -0.4 is 20.4 Å². The van der Waals surface area contributed by atoms with Crippen LogP contribution in [-0.4, -0.2) is 79.2 Å². The Balaban J connectivity index is 1.22. The highest BCUT2D eigenvalue weighted by Crippen LogP contribution is 2.30. The molecular formula is C29H30N6O5S. The van der Waals surface area contributed by atoms with E-state index in [-0.39, 0.29) is 22.3 Å². The predicted octanol–water partition coefficient (Wildman–Crippen LogP) is 3.52. The molecule has 41 heavy (non-hydrogen) atoms. The van der Waals surface area contributed by atoms with Crippen molar-refractivity contribution in [2.24, 2.45) is 0 Å². The molecule has 5 rings (SSSR count). The van der Waals surface area contributed by atoms with E-state index in [4.69, 9.17) is 17.0 Å². The van der Waals surface area contributed by atoms with Crippen molar-refractivity contribution in [3.8, 4) is 0 Å². The van der Waals surface area contributed by atoms with Gasteiger partial charge in [0.1, 0.15) is 5.69 Å². The van der Waals surface area contributed by atoms with E-state index in [9.17, 15) is 19.7 Å². The Kier molecular flexibility index (Phi) is 8.70. The largest absolute Gasteiger partial charge is 0.378 e. The summed E-state index contributed by atoms with van der Waals surface area (Å²) in [6.45, 7) is 4.47. The molecule has 0 radical (unpaired) electrons. The summed E-state index contributed by atoms with van der Waals surface area (Å²) in [6, 6.07) is 21.2. The molecule has 2 aliphatic heterocycles. The van der Waals surface area contributed by atoms with Crippen LogP contribution in [0.15, 0.2) is 72.8 Å². The number of nitrogens with zero attached hydrogens (tertiary/aromatic N) is 4. The molecule has 2 amide bonds. The normalized spacial score (nSPS) is 15.3. The number of ether oxygens (including phenoxy) is 1. The van der Waals surface area contributed by atoms with Crippen LogP contribution in [0.1, 0.15) is 20.7 Å². The number of carbonyl (C=O) groups is 2. The number of rotatable bonds is 6. The predicted molar refractivity (Wildman–Crippen MR) is 161 cm³/mol. The number of carbonyl (C=O) groups excluding carboxylic acids is 2. The maximum atomic E-state index is 13.0. The average Bonchev–Trinajstić information content (AvgIpc) is 3.01. The molecular weight excluding hydrogens is 544 g/mol. The third-order valence-electron chi connectivity index (χ3n) is 7.09. The number of piperazine rings is 1. The third kappa shape index (κ3) is 6.61. The Bertz CT molecular complexity index is 1440. The SMILES string of the molecule is O=C(NC(=S)Nc1ccccc1N1CCN(C(=O)c2ccccc2)CC1)c1ccc(N2CCOCC2)c([N+](=O)[O-])c1. The van der Waals surface area contributed by atoms with Crippen molar-refractivity contribution in [2.75, 3.05) is 67.6 Å². The van der Waals surface area contributed by atoms with Crippen LogP contribution >= 0.6 is 12.2 Å². The lowest BCUT2D eigenvalue weighted by molar-refractivity contribution is -0.384. The Labute approximate surface area is 242 Å². The number of hydrogen-bond acceptors (Lipinski definition) is 8. The van der Waals surface area contributed by atoms with Gasteiger partial charge in [0.25, 0.3) is 17.5 Å². The van der Waals surface area contributed by atoms with Gasteiger partial charge in [-0.05, 0) is 48.6 Å². The molecule has 0 aliphatic carbocycles. The minimum Gasteiger partial charge on any atom is -0.378 e. The van der Waals surface area contributed by atoms with E-state index < -0.39 is 10.8 Å². The maximum Gasteiger partial charge on any atom is 0.293 e. The van der Waals surface area contributed by atoms with Gasteiger partial charge in [-0.25, -0.2) is 0 Å². The number of thiocarbonyl (C=S) groups is 1. The Morgan fingerprint density at radius 3 is 2.17 bits per heavy atom. The van der Waals surface area contributed by atoms with Crippen molar-refractivity contribution in [3.63, 3.8) is 0 Å². The Hall–Kier alpha value is -4.55. The minimum atomic E-state index is -0.551. The van der Waals surface area contributed by atoms with Crippen LogP contribution in [0.3, 0.4) is 0 Å². The van der Waals surface area contributed by atoms with Crippen molar-refractivity contribution in [2.45, 2.75) is 0 Å². The van der Waals surface area contributed by atoms with Crippen LogP contribution in [-0.2, 0) is 4.74 Å². The fourth-order valence-electron chi connectivity index (χ4n) is 4.98. The highest BCUT2D eigenvalue weighted by atomic mass is 32.1. The monoisotopic (exact) mass is 574 g/mol. The molecule has 0 atom stereocenters. The second-order valence-corrected chi connectivity index (χ2v) is 10.0. The summed E-state index contributed by atoms with van der Waals surface area (Å²) in [5, 5.41) is 17.6. The Morgan fingerprint density at radius 2 is 1.46 bits per heavy atom. The number of morpholine rings is 1. The number of hydrogen-bond donors (Lipinski definition) is 2. The zero-order valence-electron chi connectivity index (χ0n) is 22.3. The van der Waals surface area contributed by atoms with Gasteiger partial charge in [-0.2, -0.15) is 0 Å². The zero-order chi connectivity index (χ0) is 28.8. The lowest BCUT2D eigenvalue weighted by Gasteiger charge is -2.37. The molecule has 0 aromatic heterocycles. The molecule has 3 aromatic carbocycles. The van der Waals surface area contributed by atoms with E-state index >= 15 is 0 Å². The van der Waals surface area contributed by atoms with Gasteiger partial charge in [0.2, 0.25) is 0 Å². The molecule has 2 aliphatic rings. The zero-order valence-corrected chi connectivity index (χ0v) is 23.1. The molecule has 12 heteroatoms. The molecule has 11 nitrogen and oxygen atoms in total. The topological polar surface area (TPSA) is 120 Å². The number of nitro groups is 1. The van der Waals surface area contributed by atoms with Crippen molar-refractivity contribution in [1.82, 2.24) is 10.2 Å². The summed E-state index contributed by atoms with van der Waals surface area (Å²) in [5.41, 5.74) is 2.70. The standard InChI is InChI=1S/C29H30N6O5S/c36-27(22-10-11-25(26(20-22)35(38)39)33-16-18-40-19-17-33)31-29(41)30-23-8-4-5-9-24(23)32-12-14-34(15-13-32)28(37)21-6-2-1-3-7-21/h1-11,20H,12-19H2,(H2,30,31,36,41). The minimum absolute atomic E-state index is 0.0127. The highest BCUT2D eigenvalue weighted by molar-refractivity contribution is 7.80. The number of para-hydroxylation sites is 2. The van der Waals surface area contributed by atoms with Crippen molar-refractivity contribution >= 4 is 51.9 Å². The van der Waals surface area contributed by atoms with Crippen LogP contribution in [0, 0.1) is 10.1 Å². The van der Waals surface area contributed by atoms with E-state index in [0.29, 0.717) is 69.4 Å². The first kappa shape index (κ1) is 28.0. The van der Waals surface area contributed by atoms with Gasteiger partial charge >= 0.3 is 0 Å². The van der Waals surface area contributed by atoms with Crippen molar-refractivity contribution < 1.29 is 19.2 Å². The number of anilines is 3. The molecule has 0 unspecified atom stereocenters. The quantitative estimate of drug-likeness (QED) is 0.259. The van der Waals surface area contributed by atoms with Gasteiger partial charge in [-0.1, -0.05) is 30.3 Å². The molecule has 2 saturated heterocycles. The van der Waals surface area contributed by atoms with Gasteiger partial charge in [-0.3, -0.25) is 25.0 Å². The van der Waals surface area contributed by atoms with E-state index in [0.717, 1.165) is 5.69 Å². The molecule has 2 heterocycles. The van der Waals surface area contributed by atoms with Gasteiger partial charge in [0.05, 0.1) is 29.5 Å². The smallest absolute Gasteiger partial charge is 0.293 e. The summed E-state index contributed by atoms with van der Waals surface area (Å²) in [5.74, 6) is -0.539. The van der Waals surface area contributed by atoms with Crippen LogP contribution in [0.4, 0.5) is 22.7 Å². The van der Waals surface area contributed by atoms with Gasteiger partial charge < -0.3 is 24.8 Å². The first-order valence-corrected chi connectivity index (χ1v) is 13.7. The van der Waals surface area contributed by atoms with Gasteiger partial charge in [-0.15, -0.1) is 0 Å². The van der Waals surface area contributed by atoms with E-state index in [1.165, 1.54) is 6.07 Å². The first-order valence-electron chi connectivity index (χ1n) is 13.3. The van der Waals surface area contributed by atoms with Crippen LogP contribution in [0.25, 0.3) is 0 Å². The maximum absolute atomic E-state index is 13.0. The highest BCUT2D eigenvalue weighted by Gasteiger charge is 2.25. The second-order valence-electron chi connectivity index (χ2n) is 9.63. The van der Waals surface area contributed by atoms with E-state index in [1.54, 1.807) is 12.1 Å². The summed E-state index contributed by atoms with van der Waals surface area (Å²) >= 11 is 5.42. The molecule has 212 valence electrons. The number of amides is 2. The molecule has 2 fully saturated rings. The summed E-state index contributed by atoms with van der Waals surface area (Å²) in [4.78, 5) is 43.0. The van der Waals surface area contributed by atoms with E-state index in [2.05, 4.69) is 15.5 Å². The summed E-state index contributed by atoms with van der Waals surface area (Å²) in [7, 11) is 0. The fourth-order valence-corrected chi connectivity index (χ4v) is 5.18.